The predicted octanol–water partition coefficient (Wildman–Crippen LogP) is 2.53. The van der Waals surface area contributed by atoms with Gasteiger partial charge in [0, 0.05) is 7.05 Å². The summed E-state index contributed by atoms with van der Waals surface area (Å²) in [6.45, 7) is 0. The highest BCUT2D eigenvalue weighted by atomic mass is 16.2. The Kier molecular flexibility index (Phi) is 3.12. The zero-order valence-electron chi connectivity index (χ0n) is 11.3. The molecule has 0 saturated carbocycles. The first-order valence-corrected chi connectivity index (χ1v) is 6.57. The van der Waals surface area contributed by atoms with Crippen LogP contribution < -0.4 is 10.6 Å². The van der Waals surface area contributed by atoms with Crippen LogP contribution in [-0.4, -0.2) is 19.0 Å². The smallest absolute Gasteiger partial charge is 0.248 e. The van der Waals surface area contributed by atoms with Crippen molar-refractivity contribution in [3.8, 4) is 0 Å². The molecule has 1 amide bonds. The molecular formula is C17H16N2O. The van der Waals surface area contributed by atoms with Crippen LogP contribution in [0.25, 0.3) is 11.6 Å². The molecule has 0 bridgehead atoms. The molecule has 20 heavy (non-hydrogen) atoms. The van der Waals surface area contributed by atoms with E-state index in [1.54, 1.807) is 11.9 Å². The largest absolute Gasteiger partial charge is 0.316 e. The van der Waals surface area contributed by atoms with Gasteiger partial charge in [-0.3, -0.25) is 4.79 Å². The number of nitrogens with two attached hydrogens (primary N) is 1. The number of amides is 1. The Balaban J connectivity index is 2.20. The molecule has 3 nitrogen and oxygen atoms in total. The fourth-order valence-corrected chi connectivity index (χ4v) is 2.53. The molecule has 100 valence electrons. The topological polar surface area (TPSA) is 46.3 Å². The highest BCUT2D eigenvalue weighted by Gasteiger charge is 2.27. The second-order valence-electron chi connectivity index (χ2n) is 4.90. The molecule has 2 aromatic rings. The van der Waals surface area contributed by atoms with E-state index < -0.39 is 6.04 Å². The summed E-state index contributed by atoms with van der Waals surface area (Å²) in [7, 11) is 1.77. The Bertz CT molecular complexity index is 676. The molecule has 0 spiro atoms. The zero-order valence-corrected chi connectivity index (χ0v) is 11.3. The van der Waals surface area contributed by atoms with Crippen LogP contribution in [0.3, 0.4) is 0 Å². The first-order chi connectivity index (χ1) is 9.68. The molecule has 1 atom stereocenters. The quantitative estimate of drug-likeness (QED) is 0.860. The number of benzene rings is 2. The minimum Gasteiger partial charge on any atom is -0.316 e. The zero-order chi connectivity index (χ0) is 14.1. The van der Waals surface area contributed by atoms with E-state index in [0.29, 0.717) is 0 Å². The molecule has 1 unspecified atom stereocenters. The lowest BCUT2D eigenvalue weighted by atomic mass is 9.97. The van der Waals surface area contributed by atoms with Gasteiger partial charge in [-0.1, -0.05) is 48.5 Å². The van der Waals surface area contributed by atoms with Crippen molar-refractivity contribution >= 4 is 23.2 Å². The third-order valence-corrected chi connectivity index (χ3v) is 3.65. The van der Waals surface area contributed by atoms with Crippen molar-refractivity contribution in [2.75, 3.05) is 11.9 Å². The summed E-state index contributed by atoms with van der Waals surface area (Å²) >= 11 is 0. The molecule has 0 aliphatic carbocycles. The second-order valence-corrected chi connectivity index (χ2v) is 4.90. The van der Waals surface area contributed by atoms with E-state index in [0.717, 1.165) is 22.4 Å². The number of likely N-dealkylation sites (N-methyl/N-ethyl adjacent to an activating group) is 1. The van der Waals surface area contributed by atoms with Crippen molar-refractivity contribution in [1.82, 2.24) is 0 Å². The molecule has 1 aliphatic rings. The van der Waals surface area contributed by atoms with Crippen molar-refractivity contribution in [3.05, 3.63) is 65.7 Å². The van der Waals surface area contributed by atoms with Gasteiger partial charge in [0.25, 0.3) is 0 Å². The summed E-state index contributed by atoms with van der Waals surface area (Å²) in [6.07, 6.45) is 2.01. The Morgan fingerprint density at radius 1 is 1.00 bits per heavy atom. The van der Waals surface area contributed by atoms with E-state index in [-0.39, 0.29) is 5.91 Å². The molecule has 0 saturated heterocycles. The number of carbonyl (C=O) groups excluding carboxylic acids is 1. The number of fused-ring (bicyclic) bond motifs is 1. The van der Waals surface area contributed by atoms with Crippen LogP contribution in [0, 0.1) is 0 Å². The molecule has 0 aromatic heterocycles. The van der Waals surface area contributed by atoms with Gasteiger partial charge in [-0.05, 0) is 28.8 Å². The molecule has 2 N–H and O–H groups in total. The summed E-state index contributed by atoms with van der Waals surface area (Å²) < 4.78 is 0. The van der Waals surface area contributed by atoms with Crippen molar-refractivity contribution in [2.45, 2.75) is 6.04 Å². The molecule has 3 rings (SSSR count). The number of rotatable bonds is 1. The SMILES string of the molecule is CN1C(=O)C(N)C(c2ccccc2)=Cc2ccccc21. The minimum atomic E-state index is -0.644. The third kappa shape index (κ3) is 2.02. The number of nitrogens with zero attached hydrogens (tertiary/aromatic N) is 1. The number of hydrogen-bond donors (Lipinski definition) is 1. The Morgan fingerprint density at radius 2 is 1.65 bits per heavy atom. The van der Waals surface area contributed by atoms with E-state index in [4.69, 9.17) is 5.73 Å². The molecule has 2 aromatic carbocycles. The van der Waals surface area contributed by atoms with Crippen molar-refractivity contribution in [1.29, 1.82) is 0 Å². The maximum atomic E-state index is 12.5. The molecular weight excluding hydrogens is 248 g/mol. The lowest BCUT2D eigenvalue weighted by Gasteiger charge is -2.20. The number of anilines is 1. The average molecular weight is 264 g/mol. The number of carbonyl (C=O) groups is 1. The highest BCUT2D eigenvalue weighted by molar-refractivity contribution is 6.11. The monoisotopic (exact) mass is 264 g/mol. The van der Waals surface area contributed by atoms with Crippen molar-refractivity contribution in [2.24, 2.45) is 5.73 Å². The Hall–Kier alpha value is -2.39. The fourth-order valence-electron chi connectivity index (χ4n) is 2.53. The van der Waals surface area contributed by atoms with E-state index >= 15 is 0 Å². The van der Waals surface area contributed by atoms with E-state index in [1.807, 2.05) is 60.7 Å². The maximum absolute atomic E-state index is 12.5. The van der Waals surface area contributed by atoms with E-state index in [9.17, 15) is 4.79 Å². The summed E-state index contributed by atoms with van der Waals surface area (Å²) in [5.74, 6) is -0.0925. The second kappa shape index (κ2) is 4.94. The van der Waals surface area contributed by atoms with Crippen LogP contribution >= 0.6 is 0 Å². The molecule has 1 aliphatic heterocycles. The van der Waals surface area contributed by atoms with Crippen molar-refractivity contribution in [3.63, 3.8) is 0 Å². The van der Waals surface area contributed by atoms with Gasteiger partial charge < -0.3 is 10.6 Å². The normalized spacial score (nSPS) is 18.3. The summed E-state index contributed by atoms with van der Waals surface area (Å²) in [5.41, 5.74) is 9.90. The van der Waals surface area contributed by atoms with Gasteiger partial charge in [0.15, 0.2) is 0 Å². The first kappa shape index (κ1) is 12.6. The van der Waals surface area contributed by atoms with Gasteiger partial charge in [0.05, 0.1) is 5.69 Å². The van der Waals surface area contributed by atoms with Crippen LogP contribution in [0.15, 0.2) is 54.6 Å². The van der Waals surface area contributed by atoms with E-state index in [2.05, 4.69) is 0 Å². The van der Waals surface area contributed by atoms with Crippen LogP contribution in [-0.2, 0) is 4.79 Å². The van der Waals surface area contributed by atoms with Gasteiger partial charge in [-0.15, -0.1) is 0 Å². The maximum Gasteiger partial charge on any atom is 0.248 e. The number of para-hydroxylation sites is 1. The minimum absolute atomic E-state index is 0.0925. The first-order valence-electron chi connectivity index (χ1n) is 6.57. The Labute approximate surface area is 118 Å². The molecule has 1 heterocycles. The number of hydrogen-bond acceptors (Lipinski definition) is 2. The summed E-state index contributed by atoms with van der Waals surface area (Å²) in [6, 6.07) is 17.0. The average Bonchev–Trinajstić information content (AvgIpc) is 2.60. The van der Waals surface area contributed by atoms with Crippen molar-refractivity contribution < 1.29 is 4.79 Å². The van der Waals surface area contributed by atoms with Crippen LogP contribution in [0.4, 0.5) is 5.69 Å². The van der Waals surface area contributed by atoms with Crippen LogP contribution in [0.5, 0.6) is 0 Å². The Morgan fingerprint density at radius 3 is 2.40 bits per heavy atom. The van der Waals surface area contributed by atoms with Gasteiger partial charge in [0.1, 0.15) is 6.04 Å². The van der Waals surface area contributed by atoms with Gasteiger partial charge in [0.2, 0.25) is 5.91 Å². The van der Waals surface area contributed by atoms with E-state index in [1.165, 1.54) is 0 Å². The molecule has 3 heteroatoms. The van der Waals surface area contributed by atoms with Gasteiger partial charge >= 0.3 is 0 Å². The fraction of sp³-hybridized carbons (Fsp3) is 0.118. The lowest BCUT2D eigenvalue weighted by Crippen LogP contribution is -2.41. The van der Waals surface area contributed by atoms with Crippen LogP contribution in [0.1, 0.15) is 11.1 Å². The molecule has 0 radical (unpaired) electrons. The lowest BCUT2D eigenvalue weighted by molar-refractivity contribution is -0.118. The van der Waals surface area contributed by atoms with Crippen LogP contribution in [0.2, 0.25) is 0 Å². The highest BCUT2D eigenvalue weighted by Crippen LogP contribution is 2.31. The standard InChI is InChI=1S/C17H16N2O/c1-19-15-10-6-5-9-13(15)11-14(16(18)17(19)20)12-7-3-2-4-8-12/h2-11,16H,18H2,1H3. The molecule has 0 fully saturated rings. The van der Waals surface area contributed by atoms with Gasteiger partial charge in [-0.2, -0.15) is 0 Å². The summed E-state index contributed by atoms with van der Waals surface area (Å²) in [5, 5.41) is 0. The van der Waals surface area contributed by atoms with Gasteiger partial charge in [-0.25, -0.2) is 0 Å². The summed E-state index contributed by atoms with van der Waals surface area (Å²) in [4.78, 5) is 14.1. The predicted molar refractivity (Wildman–Crippen MR) is 82.1 cm³/mol. The third-order valence-electron chi connectivity index (χ3n) is 3.65.